The van der Waals surface area contributed by atoms with Crippen LogP contribution in [0.4, 0.5) is 5.69 Å². The molecule has 3 rings (SSSR count). The minimum absolute atomic E-state index is 0.0146. The summed E-state index contributed by atoms with van der Waals surface area (Å²) in [6, 6.07) is 7.52. The molecule has 0 aliphatic carbocycles. The number of hydrogen-bond acceptors (Lipinski definition) is 7. The van der Waals surface area contributed by atoms with Crippen LogP contribution in [0.2, 0.25) is 10.0 Å². The van der Waals surface area contributed by atoms with Gasteiger partial charge in [0.25, 0.3) is 0 Å². The van der Waals surface area contributed by atoms with Crippen LogP contribution in [0.15, 0.2) is 35.2 Å². The van der Waals surface area contributed by atoms with Gasteiger partial charge in [-0.3, -0.25) is 4.79 Å². The van der Waals surface area contributed by atoms with Gasteiger partial charge in [-0.2, -0.15) is 0 Å². The first kappa shape index (κ1) is 27.5. The highest BCUT2D eigenvalue weighted by atomic mass is 35.5. The molecule has 11 heteroatoms. The molecule has 2 aromatic rings. The molecule has 2 aromatic carbocycles. The molecule has 0 saturated carbocycles. The molecular formula is C24H31Cl2N3O5S. The Bertz CT molecular complexity index is 1150. The van der Waals surface area contributed by atoms with Crippen LogP contribution in [0.3, 0.4) is 0 Å². The van der Waals surface area contributed by atoms with Crippen LogP contribution in [0.5, 0.6) is 11.5 Å². The van der Waals surface area contributed by atoms with Gasteiger partial charge in [0.2, 0.25) is 10.0 Å². The molecule has 1 fully saturated rings. The summed E-state index contributed by atoms with van der Waals surface area (Å²) in [5.74, 6) is 1.28. The van der Waals surface area contributed by atoms with Crippen molar-refractivity contribution in [3.8, 4) is 11.5 Å². The molecule has 0 atom stereocenters. The van der Waals surface area contributed by atoms with Gasteiger partial charge in [-0.25, -0.2) is 13.1 Å². The Morgan fingerprint density at radius 1 is 1.09 bits per heavy atom. The lowest BCUT2D eigenvalue weighted by Crippen LogP contribution is -2.39. The maximum Gasteiger partial charge on any atom is 0.240 e. The van der Waals surface area contributed by atoms with Gasteiger partial charge in [-0.15, -0.1) is 0 Å². The van der Waals surface area contributed by atoms with Crippen LogP contribution < -0.4 is 19.9 Å². The van der Waals surface area contributed by atoms with Gasteiger partial charge in [-0.05, 0) is 62.5 Å². The first-order valence-electron chi connectivity index (χ1n) is 11.4. The van der Waals surface area contributed by atoms with Crippen molar-refractivity contribution in [2.24, 2.45) is 5.92 Å². The summed E-state index contributed by atoms with van der Waals surface area (Å²) in [6.45, 7) is 2.61. The maximum absolute atomic E-state index is 12.7. The SMILES string of the molecule is COc1ccc(S(=O)(=O)NCCN2CCC(CCC(=O)c3cc(Cl)c(N)cc3OC)CC2)cc1Cl. The second-order valence-corrected chi connectivity index (χ2v) is 11.1. The summed E-state index contributed by atoms with van der Waals surface area (Å²) >= 11 is 12.1. The summed E-state index contributed by atoms with van der Waals surface area (Å²) in [6.07, 6.45) is 3.09. The highest BCUT2D eigenvalue weighted by Gasteiger charge is 2.22. The third-order valence-corrected chi connectivity index (χ3v) is 8.34. The highest BCUT2D eigenvalue weighted by molar-refractivity contribution is 7.89. The van der Waals surface area contributed by atoms with E-state index in [9.17, 15) is 13.2 Å². The molecule has 1 aliphatic heterocycles. The number of hydrogen-bond donors (Lipinski definition) is 2. The Labute approximate surface area is 216 Å². The monoisotopic (exact) mass is 543 g/mol. The van der Waals surface area contributed by atoms with Crippen LogP contribution in [0, 0.1) is 5.92 Å². The zero-order valence-corrected chi connectivity index (χ0v) is 22.2. The Kier molecular flexibility index (Phi) is 9.66. The van der Waals surface area contributed by atoms with Crippen LogP contribution in [0.25, 0.3) is 0 Å². The predicted octanol–water partition coefficient (Wildman–Crippen LogP) is 4.25. The van der Waals surface area contributed by atoms with Crippen molar-refractivity contribution in [1.82, 2.24) is 9.62 Å². The van der Waals surface area contributed by atoms with E-state index < -0.39 is 10.0 Å². The third kappa shape index (κ3) is 7.24. The minimum atomic E-state index is -3.66. The number of piperidine rings is 1. The van der Waals surface area contributed by atoms with Crippen LogP contribution >= 0.6 is 23.2 Å². The van der Waals surface area contributed by atoms with E-state index in [1.807, 2.05) is 0 Å². The van der Waals surface area contributed by atoms with Crippen molar-refractivity contribution in [2.45, 2.75) is 30.6 Å². The van der Waals surface area contributed by atoms with Crippen molar-refractivity contribution in [3.05, 3.63) is 45.9 Å². The number of nitrogens with one attached hydrogen (secondary N) is 1. The average Bonchev–Trinajstić information content (AvgIpc) is 2.84. The standard InChI is InChI=1S/C24H31Cl2N3O5S/c1-33-23-6-4-17(13-20(23)26)35(31,32)28-9-12-29-10-7-16(8-11-29)3-5-22(30)18-14-19(25)21(27)15-24(18)34-2/h4,6,13-16,28H,3,5,7-12,27H2,1-2H3. The number of likely N-dealkylation sites (tertiary alicyclic amines) is 1. The largest absolute Gasteiger partial charge is 0.496 e. The molecule has 192 valence electrons. The lowest BCUT2D eigenvalue weighted by atomic mass is 9.90. The number of halogens is 2. The number of rotatable bonds is 11. The second-order valence-electron chi connectivity index (χ2n) is 8.51. The van der Waals surface area contributed by atoms with Gasteiger partial charge < -0.3 is 20.1 Å². The van der Waals surface area contributed by atoms with E-state index in [4.69, 9.17) is 38.4 Å². The topological polar surface area (TPSA) is 111 Å². The fourth-order valence-corrected chi connectivity index (χ4v) is 5.69. The minimum Gasteiger partial charge on any atom is -0.496 e. The van der Waals surface area contributed by atoms with Crippen molar-refractivity contribution < 1.29 is 22.7 Å². The number of carbonyl (C=O) groups excluding carboxylic acids is 1. The van der Waals surface area contributed by atoms with E-state index >= 15 is 0 Å². The molecule has 35 heavy (non-hydrogen) atoms. The molecule has 0 bridgehead atoms. The first-order valence-corrected chi connectivity index (χ1v) is 13.6. The number of carbonyl (C=O) groups is 1. The fraction of sp³-hybridized carbons (Fsp3) is 0.458. The lowest BCUT2D eigenvalue weighted by Gasteiger charge is -2.31. The van der Waals surface area contributed by atoms with Crippen LogP contribution in [-0.4, -0.2) is 59.5 Å². The van der Waals surface area contributed by atoms with E-state index in [1.54, 1.807) is 12.1 Å². The molecule has 8 nitrogen and oxygen atoms in total. The van der Waals surface area contributed by atoms with Crippen molar-refractivity contribution in [3.63, 3.8) is 0 Å². The number of anilines is 1. The summed E-state index contributed by atoms with van der Waals surface area (Å²) in [4.78, 5) is 15.1. The van der Waals surface area contributed by atoms with Crippen molar-refractivity contribution in [1.29, 1.82) is 0 Å². The number of nitrogen functional groups attached to an aromatic ring is 1. The van der Waals surface area contributed by atoms with E-state index in [0.29, 0.717) is 53.2 Å². The number of nitrogens with zero attached hydrogens (tertiary/aromatic N) is 1. The second kappa shape index (κ2) is 12.3. The van der Waals surface area contributed by atoms with Gasteiger partial charge in [0.1, 0.15) is 11.5 Å². The molecule has 1 heterocycles. The van der Waals surface area contributed by atoms with Gasteiger partial charge in [-0.1, -0.05) is 23.2 Å². The summed E-state index contributed by atoms with van der Waals surface area (Å²) in [5, 5.41) is 0.585. The van der Waals surface area contributed by atoms with Gasteiger partial charge in [0.15, 0.2) is 5.78 Å². The molecular weight excluding hydrogens is 513 g/mol. The Morgan fingerprint density at radius 3 is 2.40 bits per heavy atom. The summed E-state index contributed by atoms with van der Waals surface area (Å²) in [5.41, 5.74) is 6.63. The quantitative estimate of drug-likeness (QED) is 0.322. The number of sulfonamides is 1. The summed E-state index contributed by atoms with van der Waals surface area (Å²) in [7, 11) is -0.682. The smallest absolute Gasteiger partial charge is 0.240 e. The number of ketones is 1. The van der Waals surface area contributed by atoms with E-state index in [1.165, 1.54) is 32.4 Å². The van der Waals surface area contributed by atoms with Gasteiger partial charge >= 0.3 is 0 Å². The third-order valence-electron chi connectivity index (χ3n) is 6.26. The van der Waals surface area contributed by atoms with E-state index in [-0.39, 0.29) is 15.7 Å². The Hall–Kier alpha value is -2.04. The zero-order valence-electron chi connectivity index (χ0n) is 19.9. The highest BCUT2D eigenvalue weighted by Crippen LogP contribution is 2.31. The molecule has 3 N–H and O–H groups in total. The lowest BCUT2D eigenvalue weighted by molar-refractivity contribution is 0.0960. The molecule has 0 unspecified atom stereocenters. The number of Topliss-reactive ketones (excluding diaryl/α,β-unsaturated/α-hetero) is 1. The van der Waals surface area contributed by atoms with E-state index in [0.717, 1.165) is 32.4 Å². The van der Waals surface area contributed by atoms with Crippen LogP contribution in [-0.2, 0) is 10.0 Å². The maximum atomic E-state index is 12.7. The molecule has 0 aromatic heterocycles. The first-order chi connectivity index (χ1) is 16.6. The molecule has 1 saturated heterocycles. The number of methoxy groups -OCH3 is 2. The fourth-order valence-electron chi connectivity index (χ4n) is 4.16. The number of benzene rings is 2. The predicted molar refractivity (Wildman–Crippen MR) is 138 cm³/mol. The Morgan fingerprint density at radius 2 is 1.77 bits per heavy atom. The van der Waals surface area contributed by atoms with Crippen molar-refractivity contribution in [2.75, 3.05) is 46.1 Å². The van der Waals surface area contributed by atoms with Gasteiger partial charge in [0, 0.05) is 25.6 Å². The Balaban J connectivity index is 1.42. The van der Waals surface area contributed by atoms with E-state index in [2.05, 4.69) is 9.62 Å². The molecule has 0 amide bonds. The molecule has 0 spiro atoms. The summed E-state index contributed by atoms with van der Waals surface area (Å²) < 4.78 is 38.1. The van der Waals surface area contributed by atoms with Gasteiger partial charge in [0.05, 0.1) is 40.4 Å². The zero-order chi connectivity index (χ0) is 25.6. The average molecular weight is 545 g/mol. The van der Waals surface area contributed by atoms with Crippen LogP contribution in [0.1, 0.15) is 36.0 Å². The molecule has 1 aliphatic rings. The molecule has 0 radical (unpaired) electrons. The normalized spacial score (nSPS) is 15.2. The number of ether oxygens (including phenoxy) is 2. The number of nitrogens with two attached hydrogens (primary N) is 1. The van der Waals surface area contributed by atoms with Crippen molar-refractivity contribution >= 4 is 44.7 Å².